The van der Waals surface area contributed by atoms with E-state index >= 15 is 0 Å². The van der Waals surface area contributed by atoms with Crippen LogP contribution in [0.3, 0.4) is 0 Å². The van der Waals surface area contributed by atoms with Crippen molar-refractivity contribution in [3.05, 3.63) is 6.07 Å². The summed E-state index contributed by atoms with van der Waals surface area (Å²) in [6.45, 7) is 3.46. The minimum absolute atomic E-state index is 0.456. The highest BCUT2D eigenvalue weighted by molar-refractivity contribution is 7.80. The van der Waals surface area contributed by atoms with Gasteiger partial charge in [-0.1, -0.05) is 12.8 Å². The second kappa shape index (κ2) is 10.2. The number of thiocarbonyl (C=S) groups is 1. The van der Waals surface area contributed by atoms with Crippen LogP contribution in [0.4, 0.5) is 11.8 Å². The van der Waals surface area contributed by atoms with Gasteiger partial charge in [0.15, 0.2) is 5.11 Å². The lowest BCUT2D eigenvalue weighted by Gasteiger charge is -2.22. The molecule has 0 aliphatic carbocycles. The van der Waals surface area contributed by atoms with Crippen molar-refractivity contribution < 1.29 is 9.47 Å². The lowest BCUT2D eigenvalue weighted by atomic mass is 10.2. The van der Waals surface area contributed by atoms with Crippen molar-refractivity contribution in [2.75, 3.05) is 50.7 Å². The number of anilines is 2. The van der Waals surface area contributed by atoms with E-state index in [4.69, 9.17) is 21.7 Å². The summed E-state index contributed by atoms with van der Waals surface area (Å²) in [6.07, 6.45) is 5.82. The van der Waals surface area contributed by atoms with Gasteiger partial charge in [-0.05, 0) is 31.5 Å². The minimum atomic E-state index is 0.456. The summed E-state index contributed by atoms with van der Waals surface area (Å²) in [5.41, 5.74) is 0. The molecule has 0 bridgehead atoms. The van der Waals surface area contributed by atoms with E-state index < -0.39 is 0 Å². The fourth-order valence-corrected chi connectivity index (χ4v) is 2.79. The molecule has 1 aliphatic rings. The van der Waals surface area contributed by atoms with E-state index in [-0.39, 0.29) is 0 Å². The van der Waals surface area contributed by atoms with Gasteiger partial charge >= 0.3 is 0 Å². The van der Waals surface area contributed by atoms with Crippen LogP contribution in [-0.4, -0.2) is 55.5 Å². The molecule has 8 heteroatoms. The molecule has 0 saturated carbocycles. The molecule has 0 aromatic carbocycles. The summed E-state index contributed by atoms with van der Waals surface area (Å²) < 4.78 is 10.3. The highest BCUT2D eigenvalue weighted by Crippen LogP contribution is 2.22. The summed E-state index contributed by atoms with van der Waals surface area (Å²) >= 11 is 5.29. The van der Waals surface area contributed by atoms with Gasteiger partial charge in [0, 0.05) is 39.4 Å². The van der Waals surface area contributed by atoms with Gasteiger partial charge in [0.2, 0.25) is 11.8 Å². The average molecular weight is 353 g/mol. The molecule has 2 rings (SSSR count). The Hall–Kier alpha value is -1.67. The topological polar surface area (TPSA) is 71.5 Å². The van der Waals surface area contributed by atoms with Crippen molar-refractivity contribution in [2.24, 2.45) is 0 Å². The number of hydrogen-bond acceptors (Lipinski definition) is 6. The fourth-order valence-electron chi connectivity index (χ4n) is 2.60. The molecule has 7 nitrogen and oxygen atoms in total. The van der Waals surface area contributed by atoms with Crippen molar-refractivity contribution in [3.63, 3.8) is 0 Å². The van der Waals surface area contributed by atoms with Gasteiger partial charge in [-0.3, -0.25) is 0 Å². The highest BCUT2D eigenvalue weighted by Gasteiger charge is 2.14. The fraction of sp³-hybridized carbons (Fsp3) is 0.688. The molecular formula is C16H27N5O2S. The van der Waals surface area contributed by atoms with Crippen LogP contribution in [0.1, 0.15) is 32.1 Å². The first-order chi connectivity index (χ1) is 11.7. The third-order valence-corrected chi connectivity index (χ3v) is 4.11. The maximum Gasteiger partial charge on any atom is 0.234 e. The standard InChI is InChI=1S/C16H27N5O2S/c1-22-11-7-8-17-16(24)20-15-18-13(12-14(19-15)23-2)21-9-5-3-4-6-10-21/h12H,3-11H2,1-2H3,(H2,17,18,19,20,24). The van der Waals surface area contributed by atoms with E-state index in [1.807, 2.05) is 6.07 Å². The maximum absolute atomic E-state index is 5.31. The molecule has 0 radical (unpaired) electrons. The minimum Gasteiger partial charge on any atom is -0.481 e. The Balaban J connectivity index is 2.00. The Labute approximate surface area is 149 Å². The molecular weight excluding hydrogens is 326 g/mol. The van der Waals surface area contributed by atoms with Crippen molar-refractivity contribution in [1.82, 2.24) is 15.3 Å². The molecule has 1 fully saturated rings. The molecule has 0 atom stereocenters. The van der Waals surface area contributed by atoms with Crippen LogP contribution in [-0.2, 0) is 4.74 Å². The largest absolute Gasteiger partial charge is 0.481 e. The predicted molar refractivity (Wildman–Crippen MR) is 100.0 cm³/mol. The number of aromatic nitrogens is 2. The average Bonchev–Trinajstić information content (AvgIpc) is 2.88. The molecule has 0 unspecified atom stereocenters. The first-order valence-corrected chi connectivity index (χ1v) is 8.85. The normalized spacial score (nSPS) is 14.8. The molecule has 24 heavy (non-hydrogen) atoms. The lowest BCUT2D eigenvalue weighted by Crippen LogP contribution is -2.31. The summed E-state index contributed by atoms with van der Waals surface area (Å²) in [5.74, 6) is 1.88. The molecule has 1 aromatic heterocycles. The lowest BCUT2D eigenvalue weighted by molar-refractivity contribution is 0.196. The molecule has 0 spiro atoms. The third-order valence-electron chi connectivity index (χ3n) is 3.86. The number of nitrogens with one attached hydrogen (secondary N) is 2. The zero-order valence-corrected chi connectivity index (χ0v) is 15.3. The smallest absolute Gasteiger partial charge is 0.234 e. The second-order valence-corrected chi connectivity index (χ2v) is 6.13. The van der Waals surface area contributed by atoms with Crippen LogP contribution in [0.25, 0.3) is 0 Å². The van der Waals surface area contributed by atoms with E-state index in [0.717, 1.165) is 31.9 Å². The monoisotopic (exact) mass is 353 g/mol. The van der Waals surface area contributed by atoms with Crippen LogP contribution in [0.5, 0.6) is 5.88 Å². The van der Waals surface area contributed by atoms with Gasteiger partial charge in [-0.25, -0.2) is 0 Å². The van der Waals surface area contributed by atoms with Crippen LogP contribution in [0.15, 0.2) is 6.07 Å². The molecule has 134 valence electrons. The third kappa shape index (κ3) is 6.09. The molecule has 1 aromatic rings. The van der Waals surface area contributed by atoms with Crippen molar-refractivity contribution in [3.8, 4) is 5.88 Å². The first kappa shape index (κ1) is 18.7. The molecule has 0 amide bonds. The van der Waals surface area contributed by atoms with Crippen LogP contribution in [0, 0.1) is 0 Å². The first-order valence-electron chi connectivity index (χ1n) is 8.44. The molecule has 2 heterocycles. The molecule has 2 N–H and O–H groups in total. The SMILES string of the molecule is COCCCNC(=S)Nc1nc(OC)cc(N2CCCCCC2)n1. The van der Waals surface area contributed by atoms with Crippen molar-refractivity contribution >= 4 is 29.1 Å². The van der Waals surface area contributed by atoms with E-state index in [0.29, 0.717) is 23.5 Å². The van der Waals surface area contributed by atoms with E-state index in [1.54, 1.807) is 14.2 Å². The van der Waals surface area contributed by atoms with Gasteiger partial charge in [0.05, 0.1) is 7.11 Å². The Kier molecular flexibility index (Phi) is 7.97. The summed E-state index contributed by atoms with van der Waals surface area (Å²) in [5, 5.41) is 6.66. The van der Waals surface area contributed by atoms with Crippen LogP contribution >= 0.6 is 12.2 Å². The van der Waals surface area contributed by atoms with E-state index in [1.165, 1.54) is 25.7 Å². The Morgan fingerprint density at radius 1 is 1.21 bits per heavy atom. The zero-order chi connectivity index (χ0) is 17.2. The van der Waals surface area contributed by atoms with Gasteiger partial charge in [0.1, 0.15) is 5.82 Å². The quantitative estimate of drug-likeness (QED) is 0.571. The van der Waals surface area contributed by atoms with Crippen LogP contribution < -0.4 is 20.3 Å². The number of ether oxygens (including phenoxy) is 2. The van der Waals surface area contributed by atoms with Crippen molar-refractivity contribution in [2.45, 2.75) is 32.1 Å². The number of methoxy groups -OCH3 is 2. The van der Waals surface area contributed by atoms with Gasteiger partial charge in [-0.2, -0.15) is 9.97 Å². The van der Waals surface area contributed by atoms with E-state index in [9.17, 15) is 0 Å². The summed E-state index contributed by atoms with van der Waals surface area (Å²) in [6, 6.07) is 1.88. The highest BCUT2D eigenvalue weighted by atomic mass is 32.1. The summed E-state index contributed by atoms with van der Waals surface area (Å²) in [4.78, 5) is 11.2. The molecule has 1 aliphatic heterocycles. The van der Waals surface area contributed by atoms with E-state index in [2.05, 4.69) is 25.5 Å². The van der Waals surface area contributed by atoms with Gasteiger partial charge < -0.3 is 25.0 Å². The second-order valence-electron chi connectivity index (χ2n) is 5.72. The summed E-state index contributed by atoms with van der Waals surface area (Å²) in [7, 11) is 3.30. The number of hydrogen-bond donors (Lipinski definition) is 2. The Morgan fingerprint density at radius 2 is 1.96 bits per heavy atom. The van der Waals surface area contributed by atoms with Gasteiger partial charge in [0.25, 0.3) is 0 Å². The zero-order valence-electron chi connectivity index (χ0n) is 14.5. The predicted octanol–water partition coefficient (Wildman–Crippen LogP) is 2.19. The maximum atomic E-state index is 5.31. The molecule has 1 saturated heterocycles. The number of rotatable bonds is 7. The van der Waals surface area contributed by atoms with Crippen LogP contribution in [0.2, 0.25) is 0 Å². The van der Waals surface area contributed by atoms with Gasteiger partial charge in [-0.15, -0.1) is 0 Å². The number of nitrogens with zero attached hydrogens (tertiary/aromatic N) is 3. The Morgan fingerprint density at radius 3 is 2.62 bits per heavy atom. The van der Waals surface area contributed by atoms with Crippen molar-refractivity contribution in [1.29, 1.82) is 0 Å². The Bertz CT molecular complexity index is 521.